The molecule has 1 saturated carbocycles. The van der Waals surface area contributed by atoms with E-state index in [2.05, 4.69) is 37.4 Å². The third kappa shape index (κ3) is 6.35. The molecule has 0 spiro atoms. The van der Waals surface area contributed by atoms with Crippen molar-refractivity contribution in [2.45, 2.75) is 102 Å². The average Bonchev–Trinajstić information content (AvgIpc) is 3.28. The number of rotatable bonds is 13. The van der Waals surface area contributed by atoms with E-state index in [9.17, 15) is 15.0 Å². The Morgan fingerprint density at radius 1 is 1.22 bits per heavy atom. The minimum absolute atomic E-state index is 0.0228. The Hall–Kier alpha value is -1.85. The number of carbonyl (C=O) groups is 1. The molecule has 3 rings (SSSR count). The Morgan fingerprint density at radius 2 is 2.03 bits per heavy atom. The van der Waals surface area contributed by atoms with Gasteiger partial charge in [-0.05, 0) is 31.2 Å². The van der Waals surface area contributed by atoms with Crippen molar-refractivity contribution in [2.75, 3.05) is 6.54 Å². The molecular weight excluding hydrogens is 402 g/mol. The first-order valence-corrected chi connectivity index (χ1v) is 12.6. The lowest BCUT2D eigenvalue weighted by atomic mass is 9.86. The van der Waals surface area contributed by atoms with Crippen molar-refractivity contribution < 1.29 is 19.7 Å². The van der Waals surface area contributed by atoms with E-state index < -0.39 is 12.2 Å². The van der Waals surface area contributed by atoms with Gasteiger partial charge in [0, 0.05) is 36.8 Å². The zero-order valence-corrected chi connectivity index (χ0v) is 19.8. The normalized spacial score (nSPS) is 24.9. The minimum atomic E-state index is -0.454. The van der Waals surface area contributed by atoms with Gasteiger partial charge in [-0.2, -0.15) is 0 Å². The Bertz CT molecular complexity index is 762. The number of aliphatic hydroxyl groups excluding tert-OH is 2. The van der Waals surface area contributed by atoms with E-state index in [1.54, 1.807) is 0 Å². The number of hydrogen-bond donors (Lipinski definition) is 3. The molecule has 1 aliphatic heterocycles. The van der Waals surface area contributed by atoms with Gasteiger partial charge in [-0.15, -0.1) is 0 Å². The van der Waals surface area contributed by atoms with Gasteiger partial charge in [-0.3, -0.25) is 4.79 Å². The van der Waals surface area contributed by atoms with E-state index in [1.165, 1.54) is 0 Å². The lowest BCUT2D eigenvalue weighted by molar-refractivity contribution is -0.121. The van der Waals surface area contributed by atoms with E-state index >= 15 is 0 Å². The number of unbranched alkanes of at least 4 members (excludes halogenated alkanes) is 3. The molecule has 178 valence electrons. The van der Waals surface area contributed by atoms with Crippen LogP contribution in [0.2, 0.25) is 0 Å². The highest BCUT2D eigenvalue weighted by Crippen LogP contribution is 2.52. The van der Waals surface area contributed by atoms with Crippen LogP contribution < -0.4 is 10.1 Å². The average molecular weight is 444 g/mol. The summed E-state index contributed by atoms with van der Waals surface area (Å²) < 4.78 is 6.33. The van der Waals surface area contributed by atoms with Gasteiger partial charge in [0.05, 0.1) is 12.2 Å². The predicted molar refractivity (Wildman–Crippen MR) is 128 cm³/mol. The Morgan fingerprint density at radius 3 is 2.81 bits per heavy atom. The van der Waals surface area contributed by atoms with Gasteiger partial charge in [0.25, 0.3) is 0 Å². The number of carbonyl (C=O) groups excluding carboxylic acids is 1. The third-order valence-corrected chi connectivity index (χ3v) is 6.85. The zero-order valence-electron chi connectivity index (χ0n) is 19.8. The highest BCUT2D eigenvalue weighted by molar-refractivity contribution is 5.75. The van der Waals surface area contributed by atoms with Crippen molar-refractivity contribution in [3.63, 3.8) is 0 Å². The molecule has 5 atom stereocenters. The number of aliphatic hydroxyl groups is 2. The van der Waals surface area contributed by atoms with Crippen molar-refractivity contribution in [2.24, 2.45) is 5.92 Å². The molecule has 5 heteroatoms. The van der Waals surface area contributed by atoms with Crippen LogP contribution in [0.15, 0.2) is 30.4 Å². The maximum absolute atomic E-state index is 12.0. The van der Waals surface area contributed by atoms with Crippen molar-refractivity contribution in [1.82, 2.24) is 5.32 Å². The molecule has 0 bridgehead atoms. The molecule has 1 heterocycles. The molecular formula is C27H41NO4. The molecule has 3 N–H and O–H groups in total. The van der Waals surface area contributed by atoms with Crippen LogP contribution in [0, 0.1) is 5.92 Å². The van der Waals surface area contributed by atoms with Crippen LogP contribution in [0.5, 0.6) is 5.75 Å². The molecule has 0 saturated heterocycles. The Balaban J connectivity index is 1.60. The van der Waals surface area contributed by atoms with Gasteiger partial charge in [-0.1, -0.05) is 69.9 Å². The minimum Gasteiger partial charge on any atom is -0.489 e. The second-order valence-corrected chi connectivity index (χ2v) is 9.40. The van der Waals surface area contributed by atoms with E-state index in [0.717, 1.165) is 74.8 Å². The second-order valence-electron chi connectivity index (χ2n) is 9.40. The summed E-state index contributed by atoms with van der Waals surface area (Å²) >= 11 is 0. The van der Waals surface area contributed by atoms with Crippen molar-refractivity contribution in [3.05, 3.63) is 41.5 Å². The lowest BCUT2D eigenvalue weighted by Gasteiger charge is -2.18. The fraction of sp³-hybridized carbons (Fsp3) is 0.667. The fourth-order valence-electron chi connectivity index (χ4n) is 5.05. The lowest BCUT2D eigenvalue weighted by Crippen LogP contribution is -2.24. The Kier molecular flexibility index (Phi) is 9.61. The van der Waals surface area contributed by atoms with Crippen LogP contribution in [0.25, 0.3) is 0 Å². The van der Waals surface area contributed by atoms with Crippen LogP contribution >= 0.6 is 0 Å². The van der Waals surface area contributed by atoms with Crippen molar-refractivity contribution >= 4 is 5.91 Å². The summed E-state index contributed by atoms with van der Waals surface area (Å²) in [5, 5.41) is 23.9. The Labute approximate surface area is 193 Å². The topological polar surface area (TPSA) is 78.8 Å². The molecule has 1 aliphatic carbocycles. The number of ether oxygens (including phenoxy) is 1. The number of benzene rings is 1. The van der Waals surface area contributed by atoms with Gasteiger partial charge >= 0.3 is 0 Å². The third-order valence-electron chi connectivity index (χ3n) is 6.85. The summed E-state index contributed by atoms with van der Waals surface area (Å²) in [6, 6.07) is 6.26. The maximum Gasteiger partial charge on any atom is 0.220 e. The van der Waals surface area contributed by atoms with E-state index in [1.807, 2.05) is 12.2 Å². The standard InChI is InChI=1S/C27H41NO4/c1-3-5-7-12-20(29)15-16-21-23(30)18-24-26(21)22-13-8-10-19(27(22)32-24)11-9-14-25(31)28-17-6-4-2/h8,10,13,15-16,20-21,23-24,26,29-30H,3-7,9,11-12,14,17-18H2,1-2H3,(H,28,31)/b16-15+/t20-,21-,23+,24-,26-/m0/s1. The molecule has 2 aliphatic rings. The summed E-state index contributed by atoms with van der Waals surface area (Å²) in [7, 11) is 0. The first-order chi connectivity index (χ1) is 15.5. The van der Waals surface area contributed by atoms with Gasteiger partial charge in [0.15, 0.2) is 0 Å². The maximum atomic E-state index is 12.0. The molecule has 32 heavy (non-hydrogen) atoms. The molecule has 1 aromatic rings. The molecule has 1 amide bonds. The first kappa shape index (κ1) is 24.8. The molecule has 0 aromatic heterocycles. The number of fused-ring (bicyclic) bond motifs is 3. The molecule has 1 aromatic carbocycles. The predicted octanol–water partition coefficient (Wildman–Crippen LogP) is 4.65. The highest BCUT2D eigenvalue weighted by atomic mass is 16.5. The van der Waals surface area contributed by atoms with Crippen LogP contribution in [0.1, 0.15) is 88.7 Å². The number of aryl methyl sites for hydroxylation is 1. The largest absolute Gasteiger partial charge is 0.489 e. The summed E-state index contributed by atoms with van der Waals surface area (Å²) in [6.07, 6.45) is 11.9. The smallest absolute Gasteiger partial charge is 0.220 e. The molecule has 0 unspecified atom stereocenters. The number of nitrogens with one attached hydrogen (secondary N) is 1. The van der Waals surface area contributed by atoms with Crippen LogP contribution in [0.4, 0.5) is 0 Å². The summed E-state index contributed by atoms with van der Waals surface area (Å²) in [4.78, 5) is 12.0. The monoisotopic (exact) mass is 443 g/mol. The van der Waals surface area contributed by atoms with Crippen LogP contribution in [0.3, 0.4) is 0 Å². The van der Waals surface area contributed by atoms with Gasteiger partial charge in [0.2, 0.25) is 5.91 Å². The highest BCUT2D eigenvalue weighted by Gasteiger charge is 2.48. The van der Waals surface area contributed by atoms with Crippen LogP contribution in [-0.4, -0.2) is 41.0 Å². The van der Waals surface area contributed by atoms with Gasteiger partial charge in [0.1, 0.15) is 11.9 Å². The van der Waals surface area contributed by atoms with Crippen molar-refractivity contribution in [3.8, 4) is 5.75 Å². The van der Waals surface area contributed by atoms with E-state index in [0.29, 0.717) is 12.8 Å². The van der Waals surface area contributed by atoms with Gasteiger partial charge < -0.3 is 20.3 Å². The molecule has 1 fully saturated rings. The van der Waals surface area contributed by atoms with E-state index in [4.69, 9.17) is 4.74 Å². The SMILES string of the molecule is CCCCC[C@H](O)/C=C/[C@@H]1[C@H]2c3cccc(CCCC(=O)NCCCC)c3O[C@H]2C[C@H]1O. The summed E-state index contributed by atoms with van der Waals surface area (Å²) in [5.41, 5.74) is 2.31. The number of para-hydroxylation sites is 1. The van der Waals surface area contributed by atoms with Crippen LogP contribution in [-0.2, 0) is 11.2 Å². The number of hydrogen-bond acceptors (Lipinski definition) is 4. The first-order valence-electron chi connectivity index (χ1n) is 12.6. The second kappa shape index (κ2) is 12.4. The zero-order chi connectivity index (χ0) is 22.9. The van der Waals surface area contributed by atoms with Gasteiger partial charge in [-0.25, -0.2) is 0 Å². The fourth-order valence-corrected chi connectivity index (χ4v) is 5.05. The van der Waals surface area contributed by atoms with Crippen molar-refractivity contribution in [1.29, 1.82) is 0 Å². The summed E-state index contributed by atoms with van der Waals surface area (Å²) in [6.45, 7) is 5.03. The quantitative estimate of drug-likeness (QED) is 0.306. The summed E-state index contributed by atoms with van der Waals surface area (Å²) in [5.74, 6) is 1.15. The molecule has 0 radical (unpaired) electrons. The number of amides is 1. The molecule has 5 nitrogen and oxygen atoms in total. The van der Waals surface area contributed by atoms with E-state index in [-0.39, 0.29) is 23.8 Å².